The summed E-state index contributed by atoms with van der Waals surface area (Å²) in [5, 5.41) is 20.9. The summed E-state index contributed by atoms with van der Waals surface area (Å²) in [6.07, 6.45) is 2.43. The quantitative estimate of drug-likeness (QED) is 0.196. The predicted molar refractivity (Wildman–Crippen MR) is 145 cm³/mol. The van der Waals surface area contributed by atoms with Crippen LogP contribution >= 0.6 is 0 Å². The number of aryl methyl sites for hydroxylation is 2. The Morgan fingerprint density at radius 1 is 1.05 bits per heavy atom. The molecule has 2 aromatic carbocycles. The molecule has 0 spiro atoms. The van der Waals surface area contributed by atoms with Crippen LogP contribution in [0.4, 0.5) is 5.95 Å². The van der Waals surface area contributed by atoms with Crippen molar-refractivity contribution in [2.24, 2.45) is 0 Å². The highest BCUT2D eigenvalue weighted by atomic mass is 16.4. The minimum absolute atomic E-state index is 0.0422. The van der Waals surface area contributed by atoms with Gasteiger partial charge in [0.15, 0.2) is 0 Å². The second-order valence-electron chi connectivity index (χ2n) is 9.29. The van der Waals surface area contributed by atoms with Crippen molar-refractivity contribution in [2.45, 2.75) is 44.7 Å². The highest BCUT2D eigenvalue weighted by molar-refractivity contribution is 5.96. The molecule has 4 rings (SSSR count). The number of nitrogens with two attached hydrogens (primary N) is 1. The van der Waals surface area contributed by atoms with Crippen LogP contribution in [0.3, 0.4) is 0 Å². The fraction of sp³-hybridized carbons (Fsp3) is 0.250. The number of anilines is 1. The Balaban J connectivity index is 1.51. The maximum Gasteiger partial charge on any atom is 0.326 e. The summed E-state index contributed by atoms with van der Waals surface area (Å²) in [7, 11) is 0. The van der Waals surface area contributed by atoms with E-state index in [0.29, 0.717) is 23.9 Å². The van der Waals surface area contributed by atoms with Crippen LogP contribution in [0.2, 0.25) is 0 Å². The highest BCUT2D eigenvalue weighted by Gasteiger charge is 2.22. The highest BCUT2D eigenvalue weighted by Crippen LogP contribution is 2.26. The minimum Gasteiger partial charge on any atom is -0.481 e. The smallest absolute Gasteiger partial charge is 0.326 e. The fourth-order valence-corrected chi connectivity index (χ4v) is 4.49. The monoisotopic (exact) mass is 531 g/mol. The number of nitrogens with zero attached hydrogens (tertiary/aromatic N) is 2. The van der Waals surface area contributed by atoms with E-state index in [2.05, 4.69) is 15.3 Å². The lowest BCUT2D eigenvalue weighted by molar-refractivity contribution is -0.140. The van der Waals surface area contributed by atoms with Gasteiger partial charge in [-0.25, -0.2) is 4.79 Å². The maximum absolute atomic E-state index is 12.8. The van der Waals surface area contributed by atoms with Gasteiger partial charge in [0.2, 0.25) is 5.95 Å². The number of carboxylic acid groups (broad SMARTS) is 2. The van der Waals surface area contributed by atoms with Crippen molar-refractivity contribution < 1.29 is 24.6 Å². The van der Waals surface area contributed by atoms with E-state index in [9.17, 15) is 24.3 Å². The molecule has 0 aliphatic carbocycles. The van der Waals surface area contributed by atoms with Gasteiger partial charge in [-0.1, -0.05) is 42.5 Å². The number of fused-ring (bicyclic) bond motifs is 1. The summed E-state index contributed by atoms with van der Waals surface area (Å²) < 4.78 is 1.95. The van der Waals surface area contributed by atoms with Gasteiger partial charge < -0.3 is 25.8 Å². The van der Waals surface area contributed by atoms with E-state index in [1.54, 1.807) is 24.3 Å². The summed E-state index contributed by atoms with van der Waals surface area (Å²) in [4.78, 5) is 54.5. The van der Waals surface area contributed by atoms with Gasteiger partial charge in [0.1, 0.15) is 11.7 Å². The average Bonchev–Trinajstić information content (AvgIpc) is 3.28. The SMILES string of the molecule is CC(c1ccccc1)n1cc(CCc2ccc(C(=O)N[C@@H](CCC(=O)O)C(=O)O)cc2)c2c(=O)[nH]c(N)nc21. The van der Waals surface area contributed by atoms with Crippen LogP contribution in [0.1, 0.15) is 52.9 Å². The second-order valence-corrected chi connectivity index (χ2v) is 9.29. The molecule has 202 valence electrons. The van der Waals surface area contributed by atoms with Crippen molar-refractivity contribution in [3.63, 3.8) is 0 Å². The first-order valence-electron chi connectivity index (χ1n) is 12.4. The average molecular weight is 532 g/mol. The Kier molecular flexibility index (Phi) is 8.09. The molecule has 2 atom stereocenters. The zero-order valence-corrected chi connectivity index (χ0v) is 21.3. The molecule has 0 aliphatic heterocycles. The molecule has 1 unspecified atom stereocenters. The first kappa shape index (κ1) is 27.1. The zero-order valence-electron chi connectivity index (χ0n) is 21.3. The Bertz CT molecular complexity index is 1560. The number of hydrogen-bond donors (Lipinski definition) is 5. The molecule has 0 aliphatic rings. The summed E-state index contributed by atoms with van der Waals surface area (Å²) in [6.45, 7) is 2.03. The van der Waals surface area contributed by atoms with E-state index in [0.717, 1.165) is 16.7 Å². The van der Waals surface area contributed by atoms with E-state index >= 15 is 0 Å². The van der Waals surface area contributed by atoms with E-state index < -0.39 is 23.9 Å². The number of carboxylic acids is 2. The summed E-state index contributed by atoms with van der Waals surface area (Å²) in [6, 6.07) is 15.2. The van der Waals surface area contributed by atoms with Crippen molar-refractivity contribution >= 4 is 34.8 Å². The minimum atomic E-state index is -1.30. The van der Waals surface area contributed by atoms with Crippen LogP contribution < -0.4 is 16.6 Å². The van der Waals surface area contributed by atoms with Gasteiger partial charge in [0, 0.05) is 18.2 Å². The molecular weight excluding hydrogens is 502 g/mol. The molecule has 0 saturated carbocycles. The molecule has 39 heavy (non-hydrogen) atoms. The number of carbonyl (C=O) groups excluding carboxylic acids is 1. The first-order chi connectivity index (χ1) is 18.6. The van der Waals surface area contributed by atoms with Gasteiger partial charge in [0.05, 0.1) is 11.4 Å². The molecule has 1 amide bonds. The van der Waals surface area contributed by atoms with E-state index in [-0.39, 0.29) is 36.0 Å². The third-order valence-corrected chi connectivity index (χ3v) is 6.63. The van der Waals surface area contributed by atoms with E-state index in [1.165, 1.54) is 0 Å². The fourth-order valence-electron chi connectivity index (χ4n) is 4.49. The summed E-state index contributed by atoms with van der Waals surface area (Å²) >= 11 is 0. The lowest BCUT2D eigenvalue weighted by Gasteiger charge is -2.15. The van der Waals surface area contributed by atoms with Crippen molar-refractivity contribution in [2.75, 3.05) is 5.73 Å². The molecule has 2 aromatic heterocycles. The van der Waals surface area contributed by atoms with Crippen LogP contribution in [0.5, 0.6) is 0 Å². The lowest BCUT2D eigenvalue weighted by atomic mass is 10.0. The molecule has 0 bridgehead atoms. The Labute approximate surface area is 223 Å². The van der Waals surface area contributed by atoms with Crippen molar-refractivity contribution in [3.05, 3.63) is 93.4 Å². The van der Waals surface area contributed by atoms with Gasteiger partial charge in [-0.05, 0) is 55.0 Å². The molecule has 2 heterocycles. The molecule has 11 heteroatoms. The van der Waals surface area contributed by atoms with Crippen LogP contribution in [0.15, 0.2) is 65.6 Å². The molecule has 0 fully saturated rings. The number of aliphatic carboxylic acids is 2. The number of carbonyl (C=O) groups is 3. The second kappa shape index (κ2) is 11.6. The third-order valence-electron chi connectivity index (χ3n) is 6.63. The standard InChI is InChI=1S/C28H29N5O6/c1-16(18-5-3-2-4-6-18)33-15-20(23-24(33)31-28(29)32-26(23)37)12-9-17-7-10-19(11-8-17)25(36)30-21(27(38)39)13-14-22(34)35/h2-8,10-11,15-16,21H,9,12-14H2,1H3,(H,30,36)(H,34,35)(H,38,39)(H3,29,31,32,37)/t16?,21-/m0/s1. The van der Waals surface area contributed by atoms with E-state index in [1.807, 2.05) is 48.0 Å². The molecule has 0 saturated heterocycles. The number of H-pyrrole nitrogens is 1. The molecule has 6 N–H and O–H groups in total. The number of hydrogen-bond acceptors (Lipinski definition) is 6. The van der Waals surface area contributed by atoms with Gasteiger partial charge in [-0.3, -0.25) is 19.4 Å². The van der Waals surface area contributed by atoms with Crippen LogP contribution in [-0.4, -0.2) is 48.6 Å². The zero-order chi connectivity index (χ0) is 28.1. The number of rotatable bonds is 11. The van der Waals surface area contributed by atoms with Gasteiger partial charge in [0.25, 0.3) is 11.5 Å². The number of nitrogen functional groups attached to an aromatic ring is 1. The molecule has 0 radical (unpaired) electrons. The van der Waals surface area contributed by atoms with Crippen LogP contribution in [0, 0.1) is 0 Å². The largest absolute Gasteiger partial charge is 0.481 e. The van der Waals surface area contributed by atoms with Crippen molar-refractivity contribution in [1.82, 2.24) is 19.9 Å². The normalized spacial score (nSPS) is 12.6. The third kappa shape index (κ3) is 6.32. The van der Waals surface area contributed by atoms with E-state index in [4.69, 9.17) is 10.8 Å². The Morgan fingerprint density at radius 2 is 1.74 bits per heavy atom. The van der Waals surface area contributed by atoms with Gasteiger partial charge in [-0.15, -0.1) is 0 Å². The Hall–Kier alpha value is -4.93. The summed E-state index contributed by atoms with van der Waals surface area (Å²) in [5.41, 5.74) is 9.08. The first-order valence-corrected chi connectivity index (χ1v) is 12.4. The maximum atomic E-state index is 12.8. The number of nitrogens with one attached hydrogen (secondary N) is 2. The molecule has 4 aromatic rings. The van der Waals surface area contributed by atoms with Crippen LogP contribution in [-0.2, 0) is 22.4 Å². The lowest BCUT2D eigenvalue weighted by Crippen LogP contribution is -2.41. The summed E-state index contributed by atoms with van der Waals surface area (Å²) in [5.74, 6) is -3.00. The number of aromatic nitrogens is 3. The number of amides is 1. The number of benzene rings is 2. The predicted octanol–water partition coefficient (Wildman–Crippen LogP) is 2.75. The van der Waals surface area contributed by atoms with Crippen molar-refractivity contribution in [3.8, 4) is 0 Å². The van der Waals surface area contributed by atoms with Gasteiger partial charge >= 0.3 is 11.9 Å². The Morgan fingerprint density at radius 3 is 2.38 bits per heavy atom. The topological polar surface area (TPSA) is 180 Å². The van der Waals surface area contributed by atoms with Crippen LogP contribution in [0.25, 0.3) is 11.0 Å². The molecule has 11 nitrogen and oxygen atoms in total. The molecular formula is C28H29N5O6. The van der Waals surface area contributed by atoms with Gasteiger partial charge in [-0.2, -0.15) is 4.98 Å². The van der Waals surface area contributed by atoms with Crippen molar-refractivity contribution in [1.29, 1.82) is 0 Å². The number of aromatic amines is 1.